The number of hydrogen-bond acceptors (Lipinski definition) is 3. The van der Waals surface area contributed by atoms with Gasteiger partial charge in [-0.3, -0.25) is 9.69 Å². The van der Waals surface area contributed by atoms with Crippen molar-refractivity contribution in [3.63, 3.8) is 0 Å². The number of rotatable bonds is 6. The van der Waals surface area contributed by atoms with Crippen molar-refractivity contribution in [3.8, 4) is 0 Å². The number of amides is 1. The summed E-state index contributed by atoms with van der Waals surface area (Å²) in [7, 11) is 2.17. The number of nitrogens with one attached hydrogen (secondary N) is 1. The second kappa shape index (κ2) is 9.16. The van der Waals surface area contributed by atoms with Crippen molar-refractivity contribution < 1.29 is 4.79 Å². The van der Waals surface area contributed by atoms with Gasteiger partial charge in [-0.25, -0.2) is 0 Å². The fourth-order valence-corrected chi connectivity index (χ4v) is 3.42. The summed E-state index contributed by atoms with van der Waals surface area (Å²) in [6, 6.07) is 16.1. The van der Waals surface area contributed by atoms with E-state index in [2.05, 4.69) is 60.3 Å². The molecule has 0 unspecified atom stereocenters. The lowest BCUT2D eigenvalue weighted by Gasteiger charge is -2.32. The molecular formula is C23H31N3O. The van der Waals surface area contributed by atoms with Crippen LogP contribution in [0.2, 0.25) is 0 Å². The standard InChI is InChI=1S/C23H31N3O/c1-18(2)16-19-6-10-22(11-7-19)24-23(27)21-8-4-20(5-9-21)17-26-14-12-25(3)13-15-26/h4-11,18H,12-17H2,1-3H3,(H,24,27). The number of hydrogen-bond donors (Lipinski definition) is 1. The maximum atomic E-state index is 12.5. The molecule has 4 nitrogen and oxygen atoms in total. The zero-order chi connectivity index (χ0) is 19.2. The molecule has 0 aromatic heterocycles. The summed E-state index contributed by atoms with van der Waals surface area (Å²) in [5, 5.41) is 2.99. The molecule has 0 saturated carbocycles. The van der Waals surface area contributed by atoms with Crippen molar-refractivity contribution in [2.75, 3.05) is 38.5 Å². The summed E-state index contributed by atoms with van der Waals surface area (Å²) >= 11 is 0. The Morgan fingerprint density at radius 2 is 1.52 bits per heavy atom. The molecule has 0 atom stereocenters. The lowest BCUT2D eigenvalue weighted by molar-refractivity contribution is 0.102. The number of carbonyl (C=O) groups excluding carboxylic acids is 1. The summed E-state index contributed by atoms with van der Waals surface area (Å²) in [4.78, 5) is 17.3. The number of anilines is 1. The average Bonchev–Trinajstić information content (AvgIpc) is 2.65. The monoisotopic (exact) mass is 365 g/mol. The van der Waals surface area contributed by atoms with E-state index in [1.807, 2.05) is 24.3 Å². The van der Waals surface area contributed by atoms with Crippen LogP contribution in [0.15, 0.2) is 48.5 Å². The highest BCUT2D eigenvalue weighted by atomic mass is 16.1. The molecule has 0 spiro atoms. The first-order valence-corrected chi connectivity index (χ1v) is 9.90. The molecule has 1 amide bonds. The van der Waals surface area contributed by atoms with Crippen LogP contribution in [0.1, 0.15) is 35.3 Å². The van der Waals surface area contributed by atoms with Crippen LogP contribution in [0.25, 0.3) is 0 Å². The molecular weight excluding hydrogens is 334 g/mol. The fraction of sp³-hybridized carbons (Fsp3) is 0.435. The van der Waals surface area contributed by atoms with Gasteiger partial charge in [-0.1, -0.05) is 38.1 Å². The molecule has 0 bridgehead atoms. The number of nitrogens with zero attached hydrogens (tertiary/aromatic N) is 2. The van der Waals surface area contributed by atoms with Crippen LogP contribution >= 0.6 is 0 Å². The molecule has 1 fully saturated rings. The first-order chi connectivity index (χ1) is 13.0. The van der Waals surface area contributed by atoms with Gasteiger partial charge in [-0.2, -0.15) is 0 Å². The van der Waals surface area contributed by atoms with E-state index >= 15 is 0 Å². The van der Waals surface area contributed by atoms with E-state index in [1.165, 1.54) is 11.1 Å². The molecule has 27 heavy (non-hydrogen) atoms. The van der Waals surface area contributed by atoms with E-state index in [1.54, 1.807) is 0 Å². The maximum absolute atomic E-state index is 12.5. The van der Waals surface area contributed by atoms with E-state index in [-0.39, 0.29) is 5.91 Å². The highest BCUT2D eigenvalue weighted by Gasteiger charge is 2.14. The maximum Gasteiger partial charge on any atom is 0.255 e. The SMILES string of the molecule is CC(C)Cc1ccc(NC(=O)c2ccc(CN3CCN(C)CC3)cc2)cc1. The molecule has 4 heteroatoms. The van der Waals surface area contributed by atoms with Gasteiger partial charge >= 0.3 is 0 Å². The van der Waals surface area contributed by atoms with Gasteiger partial charge < -0.3 is 10.2 Å². The summed E-state index contributed by atoms with van der Waals surface area (Å²) in [6.45, 7) is 9.82. The van der Waals surface area contributed by atoms with Crippen LogP contribution in [-0.4, -0.2) is 48.9 Å². The second-order valence-electron chi connectivity index (χ2n) is 8.03. The predicted molar refractivity (Wildman–Crippen MR) is 112 cm³/mol. The summed E-state index contributed by atoms with van der Waals surface area (Å²) in [5.74, 6) is 0.576. The Bertz CT molecular complexity index is 729. The van der Waals surface area contributed by atoms with Crippen LogP contribution < -0.4 is 5.32 Å². The zero-order valence-corrected chi connectivity index (χ0v) is 16.7. The Hall–Kier alpha value is -2.17. The Balaban J connectivity index is 1.54. The highest BCUT2D eigenvalue weighted by Crippen LogP contribution is 2.15. The molecule has 0 radical (unpaired) electrons. The molecule has 1 aliphatic rings. The van der Waals surface area contributed by atoms with Crippen LogP contribution in [0.4, 0.5) is 5.69 Å². The van der Waals surface area contributed by atoms with Crippen molar-refractivity contribution in [1.29, 1.82) is 0 Å². The molecule has 144 valence electrons. The largest absolute Gasteiger partial charge is 0.322 e. The Kier molecular flexibility index (Phi) is 6.64. The van der Waals surface area contributed by atoms with Gasteiger partial charge in [0.2, 0.25) is 0 Å². The third-order valence-corrected chi connectivity index (χ3v) is 5.07. The van der Waals surface area contributed by atoms with Crippen LogP contribution in [0.5, 0.6) is 0 Å². The van der Waals surface area contributed by atoms with E-state index in [0.29, 0.717) is 11.5 Å². The summed E-state index contributed by atoms with van der Waals surface area (Å²) < 4.78 is 0. The number of likely N-dealkylation sites (N-methyl/N-ethyl adjacent to an activating group) is 1. The lowest BCUT2D eigenvalue weighted by Crippen LogP contribution is -2.43. The topological polar surface area (TPSA) is 35.6 Å². The first-order valence-electron chi connectivity index (χ1n) is 9.90. The summed E-state index contributed by atoms with van der Waals surface area (Å²) in [5.41, 5.74) is 4.10. The van der Waals surface area contributed by atoms with Crippen LogP contribution in [0, 0.1) is 5.92 Å². The second-order valence-corrected chi connectivity index (χ2v) is 8.03. The number of piperazine rings is 1. The van der Waals surface area contributed by atoms with Gasteiger partial charge in [0.15, 0.2) is 0 Å². The average molecular weight is 366 g/mol. The Morgan fingerprint density at radius 3 is 2.11 bits per heavy atom. The minimum absolute atomic E-state index is 0.0576. The zero-order valence-electron chi connectivity index (χ0n) is 16.7. The van der Waals surface area contributed by atoms with Crippen molar-refractivity contribution in [2.45, 2.75) is 26.8 Å². The third-order valence-electron chi connectivity index (χ3n) is 5.07. The molecule has 1 N–H and O–H groups in total. The van der Waals surface area contributed by atoms with Crippen LogP contribution in [0.3, 0.4) is 0 Å². The summed E-state index contributed by atoms with van der Waals surface area (Å²) in [6.07, 6.45) is 1.06. The minimum atomic E-state index is -0.0576. The van der Waals surface area contributed by atoms with Crippen molar-refractivity contribution in [1.82, 2.24) is 9.80 Å². The number of benzene rings is 2. The Morgan fingerprint density at radius 1 is 0.926 bits per heavy atom. The van der Waals surface area contributed by atoms with E-state index in [9.17, 15) is 4.79 Å². The molecule has 2 aromatic rings. The molecule has 2 aromatic carbocycles. The van der Waals surface area contributed by atoms with Gasteiger partial charge in [0.25, 0.3) is 5.91 Å². The van der Waals surface area contributed by atoms with Crippen molar-refractivity contribution in [3.05, 3.63) is 65.2 Å². The third kappa shape index (κ3) is 5.91. The Labute approximate surface area is 163 Å². The van der Waals surface area contributed by atoms with Crippen molar-refractivity contribution in [2.24, 2.45) is 5.92 Å². The van der Waals surface area contributed by atoms with E-state index in [4.69, 9.17) is 0 Å². The lowest BCUT2D eigenvalue weighted by atomic mass is 10.0. The molecule has 1 heterocycles. The first kappa shape index (κ1) is 19.6. The molecule has 3 rings (SSSR count). The van der Waals surface area contributed by atoms with E-state index in [0.717, 1.165) is 44.8 Å². The van der Waals surface area contributed by atoms with Crippen molar-refractivity contribution >= 4 is 11.6 Å². The van der Waals surface area contributed by atoms with Gasteiger partial charge in [-0.15, -0.1) is 0 Å². The molecule has 1 saturated heterocycles. The highest BCUT2D eigenvalue weighted by molar-refractivity contribution is 6.04. The normalized spacial score (nSPS) is 15.9. The smallest absolute Gasteiger partial charge is 0.255 e. The van der Waals surface area contributed by atoms with Gasteiger partial charge in [0.1, 0.15) is 0 Å². The van der Waals surface area contributed by atoms with Crippen LogP contribution in [-0.2, 0) is 13.0 Å². The van der Waals surface area contributed by atoms with Gasteiger partial charge in [-0.05, 0) is 54.8 Å². The molecule has 0 aliphatic carbocycles. The minimum Gasteiger partial charge on any atom is -0.322 e. The van der Waals surface area contributed by atoms with Gasteiger partial charge in [0.05, 0.1) is 0 Å². The predicted octanol–water partition coefficient (Wildman–Crippen LogP) is 3.88. The number of carbonyl (C=O) groups is 1. The van der Waals surface area contributed by atoms with Gasteiger partial charge in [0, 0.05) is 44.0 Å². The molecule has 1 aliphatic heterocycles. The van der Waals surface area contributed by atoms with E-state index < -0.39 is 0 Å². The fourth-order valence-electron chi connectivity index (χ4n) is 3.42. The quantitative estimate of drug-likeness (QED) is 0.844.